The van der Waals surface area contributed by atoms with Crippen LogP contribution in [0.25, 0.3) is 23.3 Å². The van der Waals surface area contributed by atoms with Crippen LogP contribution in [0.5, 0.6) is 11.5 Å². The first-order valence-electron chi connectivity index (χ1n) is 8.68. The van der Waals surface area contributed by atoms with Crippen molar-refractivity contribution in [3.8, 4) is 11.5 Å². The van der Waals surface area contributed by atoms with E-state index in [1.807, 2.05) is 6.92 Å². The van der Waals surface area contributed by atoms with Crippen LogP contribution in [-0.4, -0.2) is 30.9 Å². The van der Waals surface area contributed by atoms with Gasteiger partial charge in [-0.3, -0.25) is 13.9 Å². The summed E-state index contributed by atoms with van der Waals surface area (Å²) in [5.41, 5.74) is 0.872. The normalized spacial score (nSPS) is 11.6. The molecule has 0 radical (unpaired) electrons. The summed E-state index contributed by atoms with van der Waals surface area (Å²) in [7, 11) is 3.23. The summed E-state index contributed by atoms with van der Waals surface area (Å²) in [5.74, 6) is 0.974. The first-order valence-corrected chi connectivity index (χ1v) is 8.68. The second kappa shape index (κ2) is 7.14. The van der Waals surface area contributed by atoms with Crippen molar-refractivity contribution in [2.24, 2.45) is 7.05 Å². The third kappa shape index (κ3) is 3.03. The number of fused-ring (bicyclic) bond motifs is 1. The molecule has 3 rings (SSSR count). The molecule has 0 bridgehead atoms. The molecule has 142 valence electrons. The molecule has 8 nitrogen and oxygen atoms in total. The van der Waals surface area contributed by atoms with Crippen molar-refractivity contribution in [1.29, 1.82) is 0 Å². The van der Waals surface area contributed by atoms with E-state index in [0.717, 1.165) is 5.56 Å². The summed E-state index contributed by atoms with van der Waals surface area (Å²) in [6.45, 7) is 4.34. The molecule has 1 N–H and O–H groups in total. The highest BCUT2D eigenvalue weighted by Gasteiger charge is 2.17. The number of phenols is 1. The Balaban J connectivity index is 2.16. The van der Waals surface area contributed by atoms with Crippen molar-refractivity contribution in [3.63, 3.8) is 0 Å². The Bertz CT molecular complexity index is 1150. The molecule has 0 aliphatic rings. The second-order valence-electron chi connectivity index (χ2n) is 6.04. The van der Waals surface area contributed by atoms with Crippen LogP contribution in [0.4, 0.5) is 0 Å². The van der Waals surface area contributed by atoms with Crippen LogP contribution in [0.2, 0.25) is 0 Å². The first-order chi connectivity index (χ1) is 12.9. The van der Waals surface area contributed by atoms with Gasteiger partial charge in [0.2, 0.25) is 0 Å². The van der Waals surface area contributed by atoms with Gasteiger partial charge in [0.05, 0.1) is 7.11 Å². The van der Waals surface area contributed by atoms with Crippen LogP contribution in [0, 0.1) is 0 Å². The Morgan fingerprint density at radius 1 is 1.15 bits per heavy atom. The zero-order valence-electron chi connectivity index (χ0n) is 15.8. The Morgan fingerprint density at radius 3 is 2.48 bits per heavy atom. The molecule has 1 aromatic carbocycles. The molecule has 0 saturated carbocycles. The molecular formula is C19H22N4O4. The maximum Gasteiger partial charge on any atom is 0.332 e. The number of hydrogen-bond acceptors (Lipinski definition) is 5. The first kappa shape index (κ1) is 18.5. The number of aromatic nitrogens is 4. The highest BCUT2D eigenvalue weighted by molar-refractivity contribution is 5.77. The number of hydrogen-bond donors (Lipinski definition) is 1. The van der Waals surface area contributed by atoms with Gasteiger partial charge in [-0.2, -0.15) is 0 Å². The van der Waals surface area contributed by atoms with E-state index in [4.69, 9.17) is 4.74 Å². The largest absolute Gasteiger partial charge is 0.504 e. The van der Waals surface area contributed by atoms with Crippen molar-refractivity contribution < 1.29 is 9.84 Å². The fraction of sp³-hybridized carbons (Fsp3) is 0.316. The van der Waals surface area contributed by atoms with Gasteiger partial charge in [0.25, 0.3) is 5.56 Å². The van der Waals surface area contributed by atoms with Gasteiger partial charge in [-0.05, 0) is 37.6 Å². The van der Waals surface area contributed by atoms with Crippen LogP contribution in [-0.2, 0) is 20.1 Å². The van der Waals surface area contributed by atoms with Crippen molar-refractivity contribution >= 4 is 23.3 Å². The average Bonchev–Trinajstić information content (AvgIpc) is 2.98. The quantitative estimate of drug-likeness (QED) is 0.740. The average molecular weight is 370 g/mol. The highest BCUT2D eigenvalue weighted by atomic mass is 16.5. The molecule has 0 spiro atoms. The number of nitrogens with zero attached hydrogens (tertiary/aromatic N) is 4. The molecule has 0 fully saturated rings. The third-order valence-electron chi connectivity index (χ3n) is 4.54. The molecule has 2 aromatic heterocycles. The van der Waals surface area contributed by atoms with Gasteiger partial charge in [0.15, 0.2) is 22.7 Å². The number of benzene rings is 1. The summed E-state index contributed by atoms with van der Waals surface area (Å²) in [6, 6.07) is 4.98. The van der Waals surface area contributed by atoms with Gasteiger partial charge in [-0.1, -0.05) is 12.1 Å². The maximum atomic E-state index is 12.7. The van der Waals surface area contributed by atoms with Crippen molar-refractivity contribution in [2.75, 3.05) is 7.11 Å². The molecule has 3 aromatic rings. The van der Waals surface area contributed by atoms with E-state index >= 15 is 0 Å². The smallest absolute Gasteiger partial charge is 0.332 e. The monoisotopic (exact) mass is 370 g/mol. The second-order valence-corrected chi connectivity index (χ2v) is 6.04. The van der Waals surface area contributed by atoms with Crippen molar-refractivity contribution in [2.45, 2.75) is 26.9 Å². The molecule has 0 saturated heterocycles. The maximum absolute atomic E-state index is 12.7. The SMILES string of the molecule is CCn1c(=O)c2c(nc(/C=C/c3ccc(O)c(OC)c3)n2C)n(CC)c1=O. The number of imidazole rings is 1. The molecule has 0 unspecified atom stereocenters. The van der Waals surface area contributed by atoms with E-state index in [1.54, 1.807) is 48.9 Å². The molecule has 0 aliphatic heterocycles. The number of aromatic hydroxyl groups is 1. The number of phenolic OH excluding ortho intramolecular Hbond substituents is 1. The summed E-state index contributed by atoms with van der Waals surface area (Å²) < 4.78 is 9.51. The topological polar surface area (TPSA) is 91.3 Å². The zero-order chi connectivity index (χ0) is 19.7. The number of aryl methyl sites for hydroxylation is 2. The van der Waals surface area contributed by atoms with E-state index in [9.17, 15) is 14.7 Å². The van der Waals surface area contributed by atoms with Gasteiger partial charge < -0.3 is 14.4 Å². The van der Waals surface area contributed by atoms with Gasteiger partial charge in [0.1, 0.15) is 5.82 Å². The lowest BCUT2D eigenvalue weighted by molar-refractivity contribution is 0.373. The van der Waals surface area contributed by atoms with Crippen LogP contribution in [0.1, 0.15) is 25.2 Å². The predicted octanol–water partition coefficient (Wildman–Crippen LogP) is 1.82. The Hall–Kier alpha value is -3.29. The summed E-state index contributed by atoms with van der Waals surface area (Å²) >= 11 is 0. The van der Waals surface area contributed by atoms with Gasteiger partial charge >= 0.3 is 5.69 Å². The minimum atomic E-state index is -0.352. The highest BCUT2D eigenvalue weighted by Crippen LogP contribution is 2.27. The fourth-order valence-electron chi connectivity index (χ4n) is 3.06. The fourth-order valence-corrected chi connectivity index (χ4v) is 3.06. The Kier molecular flexibility index (Phi) is 4.89. The van der Waals surface area contributed by atoms with Crippen LogP contribution in [0.15, 0.2) is 27.8 Å². The summed E-state index contributed by atoms with van der Waals surface area (Å²) in [4.78, 5) is 29.7. The predicted molar refractivity (Wildman–Crippen MR) is 104 cm³/mol. The molecule has 8 heteroatoms. The van der Waals surface area contributed by atoms with E-state index in [-0.39, 0.29) is 17.0 Å². The van der Waals surface area contributed by atoms with Crippen LogP contribution >= 0.6 is 0 Å². The van der Waals surface area contributed by atoms with Gasteiger partial charge in [0, 0.05) is 20.1 Å². The molecule has 0 atom stereocenters. The van der Waals surface area contributed by atoms with Crippen LogP contribution < -0.4 is 16.0 Å². The molecule has 2 heterocycles. The molecule has 27 heavy (non-hydrogen) atoms. The van der Waals surface area contributed by atoms with Crippen LogP contribution in [0.3, 0.4) is 0 Å². The minimum absolute atomic E-state index is 0.0597. The summed E-state index contributed by atoms with van der Waals surface area (Å²) in [5, 5.41) is 9.69. The number of ether oxygens (including phenoxy) is 1. The molecular weight excluding hydrogens is 348 g/mol. The summed E-state index contributed by atoms with van der Waals surface area (Å²) in [6.07, 6.45) is 3.56. The van der Waals surface area contributed by atoms with Crippen molar-refractivity contribution in [1.82, 2.24) is 18.7 Å². The number of rotatable bonds is 5. The van der Waals surface area contributed by atoms with Crippen molar-refractivity contribution in [3.05, 3.63) is 50.4 Å². The van der Waals surface area contributed by atoms with Gasteiger partial charge in [-0.15, -0.1) is 0 Å². The Labute approximate surface area is 155 Å². The minimum Gasteiger partial charge on any atom is -0.504 e. The standard InChI is InChI=1S/C19H22N4O4/c1-5-22-17-16(18(25)23(6-2)19(22)26)21(3)15(20-17)10-8-12-7-9-13(24)14(11-12)27-4/h7-11,24H,5-6H2,1-4H3/b10-8+. The molecule has 0 aliphatic carbocycles. The van der Waals surface area contributed by atoms with E-state index in [1.165, 1.54) is 16.2 Å². The van der Waals surface area contributed by atoms with E-state index in [2.05, 4.69) is 4.98 Å². The lowest BCUT2D eigenvalue weighted by Crippen LogP contribution is -2.39. The Morgan fingerprint density at radius 2 is 1.85 bits per heavy atom. The van der Waals surface area contributed by atoms with Gasteiger partial charge in [-0.25, -0.2) is 9.78 Å². The van der Waals surface area contributed by atoms with E-state index < -0.39 is 0 Å². The third-order valence-corrected chi connectivity index (χ3v) is 4.54. The molecule has 0 amide bonds. The number of methoxy groups -OCH3 is 1. The van der Waals surface area contributed by atoms with E-state index in [0.29, 0.717) is 35.8 Å². The lowest BCUT2D eigenvalue weighted by atomic mass is 10.2. The lowest BCUT2D eigenvalue weighted by Gasteiger charge is -2.08. The zero-order valence-corrected chi connectivity index (χ0v) is 15.8.